The van der Waals surface area contributed by atoms with Crippen molar-refractivity contribution in [2.45, 2.75) is 50.8 Å². The maximum Gasteiger partial charge on any atom is 0.242 e. The first-order valence-electron chi connectivity index (χ1n) is 8.18. The van der Waals surface area contributed by atoms with Gasteiger partial charge in [-0.3, -0.25) is 9.48 Å². The molecule has 0 radical (unpaired) electrons. The molecule has 22 heavy (non-hydrogen) atoms. The van der Waals surface area contributed by atoms with E-state index in [9.17, 15) is 4.79 Å². The zero-order chi connectivity index (χ0) is 15.7. The summed E-state index contributed by atoms with van der Waals surface area (Å²) in [5, 5.41) is 10.5. The van der Waals surface area contributed by atoms with Gasteiger partial charge in [0.15, 0.2) is 0 Å². The topological polar surface area (TPSA) is 68.2 Å². The summed E-state index contributed by atoms with van der Waals surface area (Å²) in [5.41, 5.74) is 1.09. The van der Waals surface area contributed by atoms with Crippen LogP contribution in [0.1, 0.15) is 44.2 Å². The van der Waals surface area contributed by atoms with Crippen molar-refractivity contribution in [3.63, 3.8) is 0 Å². The summed E-state index contributed by atoms with van der Waals surface area (Å²) in [6, 6.07) is -0.102. The largest absolute Gasteiger partial charge is 0.378 e. The van der Waals surface area contributed by atoms with E-state index in [1.54, 1.807) is 17.9 Å². The smallest absolute Gasteiger partial charge is 0.242 e. The van der Waals surface area contributed by atoms with Gasteiger partial charge < -0.3 is 15.4 Å². The van der Waals surface area contributed by atoms with Gasteiger partial charge in [-0.15, -0.1) is 0 Å². The van der Waals surface area contributed by atoms with Crippen LogP contribution in [0.3, 0.4) is 0 Å². The van der Waals surface area contributed by atoms with Crippen molar-refractivity contribution in [2.75, 3.05) is 13.7 Å². The van der Waals surface area contributed by atoms with E-state index in [-0.39, 0.29) is 23.4 Å². The van der Waals surface area contributed by atoms with Crippen molar-refractivity contribution in [1.29, 1.82) is 0 Å². The normalized spacial score (nSPS) is 27.0. The minimum absolute atomic E-state index is 0.0294. The first kappa shape index (κ1) is 15.5. The molecule has 3 atom stereocenters. The van der Waals surface area contributed by atoms with E-state index >= 15 is 0 Å². The van der Waals surface area contributed by atoms with Gasteiger partial charge in [-0.2, -0.15) is 5.10 Å². The number of aromatic nitrogens is 2. The van der Waals surface area contributed by atoms with Crippen molar-refractivity contribution in [1.82, 2.24) is 20.4 Å². The Kier molecular flexibility index (Phi) is 4.23. The van der Waals surface area contributed by atoms with Gasteiger partial charge in [-0.05, 0) is 33.2 Å². The first-order valence-corrected chi connectivity index (χ1v) is 8.18. The highest BCUT2D eigenvalue weighted by Crippen LogP contribution is 2.57. The molecule has 1 aromatic heterocycles. The molecule has 2 aliphatic rings. The van der Waals surface area contributed by atoms with Crippen LogP contribution in [-0.4, -0.2) is 41.5 Å². The van der Waals surface area contributed by atoms with Crippen molar-refractivity contribution in [3.8, 4) is 0 Å². The number of aryl methyl sites for hydroxylation is 1. The number of hydrogen-bond acceptors (Lipinski definition) is 4. The lowest BCUT2D eigenvalue weighted by Gasteiger charge is -2.61. The second-order valence-electron chi connectivity index (χ2n) is 6.50. The average Bonchev–Trinajstić information content (AvgIpc) is 2.83. The molecule has 3 rings (SSSR count). The number of carbonyl (C=O) groups is 1. The van der Waals surface area contributed by atoms with Crippen LogP contribution in [0.25, 0.3) is 0 Å². The van der Waals surface area contributed by atoms with E-state index < -0.39 is 0 Å². The van der Waals surface area contributed by atoms with Crippen LogP contribution in [0.5, 0.6) is 0 Å². The molecule has 122 valence electrons. The maximum absolute atomic E-state index is 12.6. The Morgan fingerprint density at radius 2 is 2.36 bits per heavy atom. The highest BCUT2D eigenvalue weighted by atomic mass is 16.5. The number of likely N-dealkylation sites (N-methyl/N-ethyl adjacent to an activating group) is 1. The highest BCUT2D eigenvalue weighted by molar-refractivity contribution is 5.83. The summed E-state index contributed by atoms with van der Waals surface area (Å²) in [6.07, 6.45) is 8.45. The quantitative estimate of drug-likeness (QED) is 0.827. The molecule has 0 saturated heterocycles. The van der Waals surface area contributed by atoms with Crippen LogP contribution < -0.4 is 10.6 Å². The molecule has 1 amide bonds. The minimum Gasteiger partial charge on any atom is -0.378 e. The standard InChI is InChI=1S/C16H26N4O2/c1-4-22-13-8-12(16(13)6-5-7-16)19-15(21)14(17-2)11-9-18-20(3)10-11/h9-10,12-14,17H,4-8H2,1-3H3,(H,19,21). The predicted octanol–water partition coefficient (Wildman–Crippen LogP) is 1.14. The number of amides is 1. The first-order chi connectivity index (χ1) is 10.6. The van der Waals surface area contributed by atoms with Crippen LogP contribution in [0.4, 0.5) is 0 Å². The second-order valence-corrected chi connectivity index (χ2v) is 6.50. The highest BCUT2D eigenvalue weighted by Gasteiger charge is 2.59. The van der Waals surface area contributed by atoms with Crippen molar-refractivity contribution < 1.29 is 9.53 Å². The fraction of sp³-hybridized carbons (Fsp3) is 0.750. The van der Waals surface area contributed by atoms with Crippen molar-refractivity contribution in [2.24, 2.45) is 12.5 Å². The van der Waals surface area contributed by atoms with E-state index in [0.717, 1.165) is 18.6 Å². The zero-order valence-electron chi connectivity index (χ0n) is 13.6. The summed E-state index contributed by atoms with van der Waals surface area (Å²) < 4.78 is 7.56. The molecule has 0 aromatic carbocycles. The van der Waals surface area contributed by atoms with Crippen LogP contribution >= 0.6 is 0 Å². The molecule has 1 spiro atoms. The third kappa shape index (κ3) is 2.44. The fourth-order valence-corrected chi connectivity index (χ4v) is 3.93. The lowest BCUT2D eigenvalue weighted by atomic mass is 9.51. The van der Waals surface area contributed by atoms with E-state index in [1.807, 2.05) is 20.2 Å². The van der Waals surface area contributed by atoms with Gasteiger partial charge in [0.25, 0.3) is 0 Å². The molecular formula is C16H26N4O2. The third-order valence-corrected chi connectivity index (χ3v) is 5.36. The molecule has 2 aliphatic carbocycles. The van der Waals surface area contributed by atoms with Crippen LogP contribution in [-0.2, 0) is 16.6 Å². The summed E-state index contributed by atoms with van der Waals surface area (Å²) in [7, 11) is 3.66. The summed E-state index contributed by atoms with van der Waals surface area (Å²) in [6.45, 7) is 2.79. The Balaban J connectivity index is 1.64. The maximum atomic E-state index is 12.6. The molecule has 0 aliphatic heterocycles. The van der Waals surface area contributed by atoms with E-state index in [2.05, 4.69) is 15.7 Å². The summed E-state index contributed by atoms with van der Waals surface area (Å²) >= 11 is 0. The van der Waals surface area contributed by atoms with Gasteiger partial charge in [-0.25, -0.2) is 0 Å². The molecular weight excluding hydrogens is 280 g/mol. The Bertz CT molecular complexity index is 538. The van der Waals surface area contributed by atoms with E-state index in [4.69, 9.17) is 4.74 Å². The van der Waals surface area contributed by atoms with Crippen LogP contribution in [0.2, 0.25) is 0 Å². The number of carbonyl (C=O) groups excluding carboxylic acids is 1. The number of rotatable bonds is 6. The third-order valence-electron chi connectivity index (χ3n) is 5.36. The van der Waals surface area contributed by atoms with Crippen molar-refractivity contribution in [3.05, 3.63) is 18.0 Å². The lowest BCUT2D eigenvalue weighted by molar-refractivity contribution is -0.176. The predicted molar refractivity (Wildman–Crippen MR) is 83.3 cm³/mol. The second kappa shape index (κ2) is 6.01. The SMILES string of the molecule is CCOC1CC(NC(=O)C(NC)c2cnn(C)c2)C12CCC2. The van der Waals surface area contributed by atoms with Crippen LogP contribution in [0.15, 0.2) is 12.4 Å². The van der Waals surface area contributed by atoms with Gasteiger partial charge in [0.1, 0.15) is 6.04 Å². The van der Waals surface area contributed by atoms with Gasteiger partial charge in [-0.1, -0.05) is 6.42 Å². The number of ether oxygens (including phenoxy) is 1. The molecule has 2 fully saturated rings. The Morgan fingerprint density at radius 3 is 2.86 bits per heavy atom. The molecule has 1 heterocycles. The molecule has 6 heteroatoms. The monoisotopic (exact) mass is 306 g/mol. The van der Waals surface area contributed by atoms with E-state index in [0.29, 0.717) is 6.10 Å². The number of nitrogens with zero attached hydrogens (tertiary/aromatic N) is 2. The lowest BCUT2D eigenvalue weighted by Crippen LogP contribution is -2.68. The zero-order valence-corrected chi connectivity index (χ0v) is 13.6. The average molecular weight is 306 g/mol. The van der Waals surface area contributed by atoms with Gasteiger partial charge in [0, 0.05) is 36.9 Å². The van der Waals surface area contributed by atoms with Gasteiger partial charge in [0.05, 0.1) is 12.3 Å². The molecule has 6 nitrogen and oxygen atoms in total. The Hall–Kier alpha value is -1.40. The molecule has 1 aromatic rings. The van der Waals surface area contributed by atoms with Gasteiger partial charge >= 0.3 is 0 Å². The molecule has 2 N–H and O–H groups in total. The summed E-state index contributed by atoms with van der Waals surface area (Å²) in [4.78, 5) is 12.6. The van der Waals surface area contributed by atoms with Crippen LogP contribution in [0, 0.1) is 5.41 Å². The molecule has 2 saturated carbocycles. The Labute approximate surface area is 131 Å². The molecule has 0 bridgehead atoms. The Morgan fingerprint density at radius 1 is 1.59 bits per heavy atom. The fourth-order valence-electron chi connectivity index (χ4n) is 3.93. The number of nitrogens with one attached hydrogen (secondary N) is 2. The van der Waals surface area contributed by atoms with E-state index in [1.165, 1.54) is 19.3 Å². The molecule has 3 unspecified atom stereocenters. The van der Waals surface area contributed by atoms with Crippen molar-refractivity contribution >= 4 is 5.91 Å². The minimum atomic E-state index is -0.350. The van der Waals surface area contributed by atoms with Gasteiger partial charge in [0.2, 0.25) is 5.91 Å². The number of hydrogen-bond donors (Lipinski definition) is 2. The summed E-state index contributed by atoms with van der Waals surface area (Å²) in [5.74, 6) is 0.0294.